The highest BCUT2D eigenvalue weighted by Crippen LogP contribution is 2.60. The van der Waals surface area contributed by atoms with Crippen LogP contribution in [0.2, 0.25) is 0 Å². The van der Waals surface area contributed by atoms with Crippen molar-refractivity contribution in [2.45, 2.75) is 26.2 Å². The van der Waals surface area contributed by atoms with Crippen LogP contribution in [0, 0.1) is 17.3 Å². The zero-order chi connectivity index (χ0) is 8.60. The van der Waals surface area contributed by atoms with Crippen molar-refractivity contribution in [3.8, 4) is 0 Å². The van der Waals surface area contributed by atoms with Gasteiger partial charge in [-0.3, -0.25) is 0 Å². The minimum atomic E-state index is 0.567. The first-order valence-corrected chi connectivity index (χ1v) is 5.06. The SMILES string of the molecule is CC(CN)C1CC12CCCOC2. The molecule has 0 aromatic rings. The van der Waals surface area contributed by atoms with Gasteiger partial charge in [0, 0.05) is 6.61 Å². The van der Waals surface area contributed by atoms with Crippen LogP contribution in [0.5, 0.6) is 0 Å². The maximum absolute atomic E-state index is 5.66. The van der Waals surface area contributed by atoms with E-state index in [9.17, 15) is 0 Å². The lowest BCUT2D eigenvalue weighted by atomic mass is 9.91. The Bertz CT molecular complexity index is 163. The molecule has 2 nitrogen and oxygen atoms in total. The lowest BCUT2D eigenvalue weighted by Gasteiger charge is -2.24. The summed E-state index contributed by atoms with van der Waals surface area (Å²) >= 11 is 0. The summed E-state index contributed by atoms with van der Waals surface area (Å²) in [6, 6.07) is 0. The molecule has 1 aliphatic carbocycles. The third-order valence-corrected chi connectivity index (χ3v) is 3.66. The first-order valence-electron chi connectivity index (χ1n) is 5.06. The zero-order valence-corrected chi connectivity index (χ0v) is 7.88. The molecule has 0 aromatic heterocycles. The third-order valence-electron chi connectivity index (χ3n) is 3.66. The molecule has 1 heterocycles. The average Bonchev–Trinajstić information content (AvgIpc) is 2.80. The maximum Gasteiger partial charge on any atom is 0.0525 e. The summed E-state index contributed by atoms with van der Waals surface area (Å²) in [5, 5.41) is 0. The van der Waals surface area contributed by atoms with Crippen molar-refractivity contribution < 1.29 is 4.74 Å². The zero-order valence-electron chi connectivity index (χ0n) is 7.88. The van der Waals surface area contributed by atoms with Crippen molar-refractivity contribution in [2.24, 2.45) is 23.0 Å². The summed E-state index contributed by atoms with van der Waals surface area (Å²) in [6.07, 6.45) is 4.00. The van der Waals surface area contributed by atoms with E-state index in [2.05, 4.69) is 6.92 Å². The summed E-state index contributed by atoms with van der Waals surface area (Å²) in [4.78, 5) is 0. The molecule has 0 bridgehead atoms. The van der Waals surface area contributed by atoms with Crippen LogP contribution in [-0.4, -0.2) is 19.8 Å². The van der Waals surface area contributed by atoms with Crippen LogP contribution in [-0.2, 0) is 4.74 Å². The molecule has 1 saturated heterocycles. The highest BCUT2D eigenvalue weighted by molar-refractivity contribution is 5.05. The molecule has 3 unspecified atom stereocenters. The summed E-state index contributed by atoms with van der Waals surface area (Å²) in [5.41, 5.74) is 6.23. The molecule has 1 aliphatic heterocycles. The van der Waals surface area contributed by atoms with Gasteiger partial charge in [-0.15, -0.1) is 0 Å². The van der Waals surface area contributed by atoms with Crippen molar-refractivity contribution in [3.05, 3.63) is 0 Å². The number of hydrogen-bond donors (Lipinski definition) is 1. The number of rotatable bonds is 2. The Morgan fingerprint density at radius 3 is 3.08 bits per heavy atom. The van der Waals surface area contributed by atoms with Crippen LogP contribution < -0.4 is 5.73 Å². The molecule has 2 aliphatic rings. The van der Waals surface area contributed by atoms with Crippen molar-refractivity contribution in [1.82, 2.24) is 0 Å². The maximum atomic E-state index is 5.66. The predicted molar refractivity (Wildman–Crippen MR) is 48.8 cm³/mol. The van der Waals surface area contributed by atoms with Gasteiger partial charge in [-0.2, -0.15) is 0 Å². The molecule has 2 N–H and O–H groups in total. The fraction of sp³-hybridized carbons (Fsp3) is 1.00. The standard InChI is InChI=1S/C10H19NO/c1-8(6-11)9-5-10(9)3-2-4-12-7-10/h8-9H,2-7,11H2,1H3. The third kappa shape index (κ3) is 1.27. The Hall–Kier alpha value is -0.0800. The van der Waals surface area contributed by atoms with Gasteiger partial charge >= 0.3 is 0 Å². The Morgan fingerprint density at radius 1 is 1.67 bits per heavy atom. The van der Waals surface area contributed by atoms with E-state index in [4.69, 9.17) is 10.5 Å². The van der Waals surface area contributed by atoms with E-state index in [1.54, 1.807) is 0 Å². The second-order valence-corrected chi connectivity index (χ2v) is 4.54. The van der Waals surface area contributed by atoms with Crippen molar-refractivity contribution in [2.75, 3.05) is 19.8 Å². The second kappa shape index (κ2) is 3.00. The van der Waals surface area contributed by atoms with Gasteiger partial charge in [0.15, 0.2) is 0 Å². The Kier molecular flexibility index (Phi) is 2.13. The highest BCUT2D eigenvalue weighted by atomic mass is 16.5. The van der Waals surface area contributed by atoms with E-state index < -0.39 is 0 Å². The minimum Gasteiger partial charge on any atom is -0.381 e. The lowest BCUT2D eigenvalue weighted by Crippen LogP contribution is -2.24. The molecule has 12 heavy (non-hydrogen) atoms. The van der Waals surface area contributed by atoms with Crippen molar-refractivity contribution in [1.29, 1.82) is 0 Å². The molecule has 2 fully saturated rings. The molecule has 0 amide bonds. The highest BCUT2D eigenvalue weighted by Gasteiger charge is 2.56. The van der Waals surface area contributed by atoms with Crippen LogP contribution in [0.4, 0.5) is 0 Å². The van der Waals surface area contributed by atoms with Gasteiger partial charge in [0.1, 0.15) is 0 Å². The first kappa shape index (κ1) is 8.52. The van der Waals surface area contributed by atoms with Crippen molar-refractivity contribution >= 4 is 0 Å². The molecule has 1 saturated carbocycles. The minimum absolute atomic E-state index is 0.567. The van der Waals surface area contributed by atoms with Crippen LogP contribution >= 0.6 is 0 Å². The monoisotopic (exact) mass is 169 g/mol. The van der Waals surface area contributed by atoms with Gasteiger partial charge in [-0.25, -0.2) is 0 Å². The first-order chi connectivity index (χ1) is 5.78. The summed E-state index contributed by atoms with van der Waals surface area (Å²) < 4.78 is 5.53. The molecule has 0 radical (unpaired) electrons. The van der Waals surface area contributed by atoms with E-state index in [0.29, 0.717) is 11.3 Å². The van der Waals surface area contributed by atoms with Gasteiger partial charge in [-0.05, 0) is 43.1 Å². The van der Waals surface area contributed by atoms with E-state index in [1.807, 2.05) is 0 Å². The van der Waals surface area contributed by atoms with Crippen LogP contribution in [0.1, 0.15) is 26.2 Å². The fourth-order valence-electron chi connectivity index (χ4n) is 2.68. The summed E-state index contributed by atoms with van der Waals surface area (Å²) in [5.74, 6) is 1.56. The van der Waals surface area contributed by atoms with Gasteiger partial charge in [-0.1, -0.05) is 6.92 Å². The number of nitrogens with two attached hydrogens (primary N) is 1. The average molecular weight is 169 g/mol. The molecule has 70 valence electrons. The Morgan fingerprint density at radius 2 is 2.50 bits per heavy atom. The van der Waals surface area contributed by atoms with E-state index >= 15 is 0 Å². The molecular weight excluding hydrogens is 150 g/mol. The van der Waals surface area contributed by atoms with E-state index in [1.165, 1.54) is 19.3 Å². The number of ether oxygens (including phenoxy) is 1. The van der Waals surface area contributed by atoms with Gasteiger partial charge in [0.25, 0.3) is 0 Å². The van der Waals surface area contributed by atoms with Crippen LogP contribution in [0.25, 0.3) is 0 Å². The quantitative estimate of drug-likeness (QED) is 0.678. The normalized spacial score (nSPS) is 43.0. The topological polar surface area (TPSA) is 35.2 Å². The molecule has 0 aromatic carbocycles. The summed E-state index contributed by atoms with van der Waals surface area (Å²) in [7, 11) is 0. The fourth-order valence-corrected chi connectivity index (χ4v) is 2.68. The van der Waals surface area contributed by atoms with Crippen LogP contribution in [0.3, 0.4) is 0 Å². The molecular formula is C10H19NO. The van der Waals surface area contributed by atoms with Gasteiger partial charge in [0.05, 0.1) is 6.61 Å². The lowest BCUT2D eigenvalue weighted by molar-refractivity contribution is 0.0326. The van der Waals surface area contributed by atoms with Crippen LogP contribution in [0.15, 0.2) is 0 Å². The van der Waals surface area contributed by atoms with Gasteiger partial charge in [0.2, 0.25) is 0 Å². The Labute approximate surface area is 74.5 Å². The largest absolute Gasteiger partial charge is 0.381 e. The second-order valence-electron chi connectivity index (χ2n) is 4.54. The van der Waals surface area contributed by atoms with Gasteiger partial charge < -0.3 is 10.5 Å². The molecule has 2 rings (SSSR count). The Balaban J connectivity index is 1.90. The number of hydrogen-bond acceptors (Lipinski definition) is 2. The van der Waals surface area contributed by atoms with Crippen molar-refractivity contribution in [3.63, 3.8) is 0 Å². The van der Waals surface area contributed by atoms with E-state index in [0.717, 1.165) is 25.7 Å². The molecule has 3 atom stereocenters. The predicted octanol–water partition coefficient (Wildman–Crippen LogP) is 1.40. The summed E-state index contributed by atoms with van der Waals surface area (Å²) in [6.45, 7) is 5.09. The molecule has 1 spiro atoms. The smallest absolute Gasteiger partial charge is 0.0525 e. The van der Waals surface area contributed by atoms with E-state index in [-0.39, 0.29) is 0 Å². The molecule has 2 heteroatoms.